The predicted octanol–water partition coefficient (Wildman–Crippen LogP) is 7.96. The van der Waals surface area contributed by atoms with E-state index in [1.54, 1.807) is 5.19 Å². The summed E-state index contributed by atoms with van der Waals surface area (Å²) in [6.45, 7) is 23.7. The molecule has 30 heavy (non-hydrogen) atoms. The minimum absolute atomic E-state index is 0.233. The molecule has 1 nitrogen and oxygen atoms in total. The van der Waals surface area contributed by atoms with E-state index >= 15 is 0 Å². The standard InChI is InChI=1S/C26H43IOSi2/c1-20-17-25(28-30(8,9)26(3,4)5)22(18-24(20)21(2)19-27)15-16-29(6,7)23-13-11-10-12-14-23/h10-14,18,21-22,25H,1,15-17,19H2,2-9H3/t21-,22-,25+/m0/s1. The van der Waals surface area contributed by atoms with Gasteiger partial charge in [0.15, 0.2) is 8.32 Å². The molecule has 0 aromatic heterocycles. The molecule has 0 heterocycles. The molecule has 0 fully saturated rings. The number of halogens is 1. The van der Waals surface area contributed by atoms with Crippen LogP contribution in [0.5, 0.6) is 0 Å². The number of hydrogen-bond donors (Lipinski definition) is 0. The molecule has 1 aliphatic carbocycles. The summed E-state index contributed by atoms with van der Waals surface area (Å²) in [5.41, 5.74) is 2.79. The van der Waals surface area contributed by atoms with Crippen molar-refractivity contribution in [3.63, 3.8) is 0 Å². The highest BCUT2D eigenvalue weighted by Gasteiger charge is 2.42. The van der Waals surface area contributed by atoms with Gasteiger partial charge < -0.3 is 4.43 Å². The summed E-state index contributed by atoms with van der Waals surface area (Å²) in [7, 11) is -3.28. The Morgan fingerprint density at radius 1 is 1.13 bits per heavy atom. The molecule has 3 atom stereocenters. The third kappa shape index (κ3) is 6.42. The zero-order valence-corrected chi connectivity index (χ0v) is 24.7. The first-order valence-electron chi connectivity index (χ1n) is 11.5. The molecule has 0 unspecified atom stereocenters. The van der Waals surface area contributed by atoms with Crippen molar-refractivity contribution in [3.05, 3.63) is 54.1 Å². The zero-order chi connectivity index (χ0) is 22.7. The highest BCUT2D eigenvalue weighted by molar-refractivity contribution is 14.1. The van der Waals surface area contributed by atoms with Crippen LogP contribution in [0.15, 0.2) is 54.1 Å². The lowest BCUT2D eigenvalue weighted by atomic mass is 9.80. The van der Waals surface area contributed by atoms with Gasteiger partial charge in [-0.05, 0) is 48.0 Å². The Labute approximate surface area is 202 Å². The molecule has 0 saturated carbocycles. The molecule has 0 radical (unpaired) electrons. The average molecular weight is 555 g/mol. The van der Waals surface area contributed by atoms with E-state index in [9.17, 15) is 0 Å². The first kappa shape index (κ1) is 26.1. The SMILES string of the molecule is C=C1C[C@@H](O[Si](C)(C)C(C)(C)C)[C@@H](CC[Si](C)(C)c2ccccc2)C=C1[C@@H](C)CI. The Kier molecular flexibility index (Phi) is 8.85. The van der Waals surface area contributed by atoms with Gasteiger partial charge >= 0.3 is 0 Å². The summed E-state index contributed by atoms with van der Waals surface area (Å²) in [6, 6.07) is 12.5. The molecule has 1 aromatic carbocycles. The Morgan fingerprint density at radius 3 is 2.27 bits per heavy atom. The van der Waals surface area contributed by atoms with Gasteiger partial charge in [0, 0.05) is 10.3 Å². The van der Waals surface area contributed by atoms with Crippen molar-refractivity contribution in [1.29, 1.82) is 0 Å². The van der Waals surface area contributed by atoms with E-state index in [-0.39, 0.29) is 11.1 Å². The van der Waals surface area contributed by atoms with E-state index in [2.05, 4.69) is 119 Å². The number of benzene rings is 1. The maximum atomic E-state index is 7.01. The van der Waals surface area contributed by atoms with Gasteiger partial charge in [-0.1, -0.05) is 118 Å². The lowest BCUT2D eigenvalue weighted by molar-refractivity contribution is 0.131. The van der Waals surface area contributed by atoms with Crippen LogP contribution in [0.4, 0.5) is 0 Å². The van der Waals surface area contributed by atoms with E-state index in [4.69, 9.17) is 4.43 Å². The molecule has 2 rings (SSSR count). The number of allylic oxidation sites excluding steroid dienone is 1. The normalized spacial score (nSPS) is 22.0. The van der Waals surface area contributed by atoms with Gasteiger partial charge in [-0.3, -0.25) is 0 Å². The minimum atomic E-state index is -1.82. The molecule has 1 aliphatic rings. The van der Waals surface area contributed by atoms with Crippen LogP contribution in [0.3, 0.4) is 0 Å². The van der Waals surface area contributed by atoms with Gasteiger partial charge in [-0.15, -0.1) is 0 Å². The first-order chi connectivity index (χ1) is 13.8. The fourth-order valence-electron chi connectivity index (χ4n) is 4.08. The Bertz CT molecular complexity index is 746. The van der Waals surface area contributed by atoms with Crippen molar-refractivity contribution in [3.8, 4) is 0 Å². The lowest BCUT2D eigenvalue weighted by Crippen LogP contribution is -2.47. The molecule has 0 N–H and O–H groups in total. The van der Waals surface area contributed by atoms with Crippen LogP contribution < -0.4 is 5.19 Å². The van der Waals surface area contributed by atoms with Crippen LogP contribution in [-0.2, 0) is 4.43 Å². The second-order valence-corrected chi connectivity index (χ2v) is 21.8. The zero-order valence-electron chi connectivity index (χ0n) is 20.5. The molecule has 168 valence electrons. The monoisotopic (exact) mass is 554 g/mol. The molecular formula is C26H43IOSi2. The Morgan fingerprint density at radius 2 is 1.73 bits per heavy atom. The Balaban J connectivity index is 2.28. The van der Waals surface area contributed by atoms with Gasteiger partial charge in [0.05, 0.1) is 14.2 Å². The summed E-state index contributed by atoms with van der Waals surface area (Å²) in [4.78, 5) is 0. The third-order valence-electron chi connectivity index (χ3n) is 7.40. The molecule has 0 bridgehead atoms. The van der Waals surface area contributed by atoms with E-state index in [1.165, 1.54) is 23.6 Å². The van der Waals surface area contributed by atoms with Crippen molar-refractivity contribution in [2.24, 2.45) is 11.8 Å². The molecule has 0 aliphatic heterocycles. The molecule has 0 saturated heterocycles. The third-order valence-corrected chi connectivity index (χ3v) is 16.7. The van der Waals surface area contributed by atoms with Gasteiger partial charge in [0.1, 0.15) is 0 Å². The minimum Gasteiger partial charge on any atom is -0.413 e. The second-order valence-electron chi connectivity index (χ2n) is 11.4. The summed E-state index contributed by atoms with van der Waals surface area (Å²) in [6.07, 6.45) is 5.06. The number of hydrogen-bond acceptors (Lipinski definition) is 1. The quantitative estimate of drug-likeness (QED) is 0.180. The van der Waals surface area contributed by atoms with Crippen LogP contribution in [-0.4, -0.2) is 26.9 Å². The largest absolute Gasteiger partial charge is 0.413 e. The van der Waals surface area contributed by atoms with Crippen molar-refractivity contribution < 1.29 is 4.43 Å². The highest BCUT2D eigenvalue weighted by Crippen LogP contribution is 2.43. The summed E-state index contributed by atoms with van der Waals surface area (Å²) in [5, 5.41) is 1.80. The summed E-state index contributed by atoms with van der Waals surface area (Å²) in [5.74, 6) is 1.08. The highest BCUT2D eigenvalue weighted by atomic mass is 127. The van der Waals surface area contributed by atoms with Crippen LogP contribution in [0, 0.1) is 11.8 Å². The second kappa shape index (κ2) is 10.2. The van der Waals surface area contributed by atoms with Crippen molar-refractivity contribution >= 4 is 44.2 Å². The Hall–Kier alpha value is -0.176. The fraction of sp³-hybridized carbons (Fsp3) is 0.615. The smallest absolute Gasteiger partial charge is 0.192 e. The van der Waals surface area contributed by atoms with Crippen LogP contribution in [0.2, 0.25) is 37.3 Å². The lowest BCUT2D eigenvalue weighted by Gasteiger charge is -2.43. The van der Waals surface area contributed by atoms with E-state index in [0.717, 1.165) is 10.8 Å². The van der Waals surface area contributed by atoms with Gasteiger partial charge in [-0.25, -0.2) is 0 Å². The fourth-order valence-corrected chi connectivity index (χ4v) is 8.36. The molecule has 4 heteroatoms. The number of rotatable bonds is 8. The molecule has 0 spiro atoms. The summed E-state index contributed by atoms with van der Waals surface area (Å²) >= 11 is 2.51. The topological polar surface area (TPSA) is 9.23 Å². The maximum absolute atomic E-state index is 7.01. The molecular weight excluding hydrogens is 511 g/mol. The van der Waals surface area contributed by atoms with Gasteiger partial charge in [-0.2, -0.15) is 0 Å². The first-order valence-corrected chi connectivity index (χ1v) is 19.1. The van der Waals surface area contributed by atoms with Crippen molar-refractivity contribution in [2.45, 2.75) is 83.9 Å². The van der Waals surface area contributed by atoms with Crippen molar-refractivity contribution in [1.82, 2.24) is 0 Å². The maximum Gasteiger partial charge on any atom is 0.192 e. The summed E-state index contributed by atoms with van der Waals surface area (Å²) < 4.78 is 8.15. The van der Waals surface area contributed by atoms with Gasteiger partial charge in [0.25, 0.3) is 0 Å². The van der Waals surface area contributed by atoms with Gasteiger partial charge in [0.2, 0.25) is 0 Å². The van der Waals surface area contributed by atoms with E-state index < -0.39 is 16.4 Å². The van der Waals surface area contributed by atoms with Crippen molar-refractivity contribution in [2.75, 3.05) is 4.43 Å². The van der Waals surface area contributed by atoms with Crippen LogP contribution >= 0.6 is 22.6 Å². The molecule has 1 aromatic rings. The van der Waals surface area contributed by atoms with E-state index in [1.807, 2.05) is 0 Å². The number of alkyl halides is 1. The molecule has 0 amide bonds. The average Bonchev–Trinajstić information content (AvgIpc) is 2.66. The van der Waals surface area contributed by atoms with Crippen LogP contribution in [0.25, 0.3) is 0 Å². The predicted molar refractivity (Wildman–Crippen MR) is 148 cm³/mol. The van der Waals surface area contributed by atoms with E-state index in [0.29, 0.717) is 11.8 Å². The van der Waals surface area contributed by atoms with Crippen LogP contribution in [0.1, 0.15) is 40.5 Å².